The molecule has 0 spiro atoms. The van der Waals surface area contributed by atoms with Crippen molar-refractivity contribution in [1.82, 2.24) is 4.98 Å². The summed E-state index contributed by atoms with van der Waals surface area (Å²) in [5, 5.41) is 2.66. The number of aromatic nitrogens is 1. The molecular weight excluding hydrogens is 235 g/mol. The van der Waals surface area contributed by atoms with Crippen molar-refractivity contribution in [3.05, 3.63) is 45.0 Å². The van der Waals surface area contributed by atoms with E-state index in [0.29, 0.717) is 17.8 Å². The van der Waals surface area contributed by atoms with Crippen molar-refractivity contribution in [2.75, 3.05) is 5.73 Å². The number of anilines is 1. The summed E-state index contributed by atoms with van der Waals surface area (Å²) in [7, 11) is 0. The predicted octanol–water partition coefficient (Wildman–Crippen LogP) is 3.11. The fraction of sp³-hybridized carbons (Fsp3) is 0.100. The summed E-state index contributed by atoms with van der Waals surface area (Å²) in [4.78, 5) is 4.06. The summed E-state index contributed by atoms with van der Waals surface area (Å²) in [6, 6.07) is 4.94. The van der Waals surface area contributed by atoms with Crippen LogP contribution in [0.2, 0.25) is 5.02 Å². The number of benzene rings is 1. The maximum Gasteiger partial charge on any atom is 0.145 e. The van der Waals surface area contributed by atoms with Crippen LogP contribution in [0, 0.1) is 5.82 Å². The molecule has 78 valence electrons. The molecule has 5 heteroatoms. The first kappa shape index (κ1) is 10.4. The molecule has 0 bridgehead atoms. The van der Waals surface area contributed by atoms with E-state index in [4.69, 9.17) is 17.3 Å². The lowest BCUT2D eigenvalue weighted by molar-refractivity contribution is 0.614. The van der Waals surface area contributed by atoms with Crippen molar-refractivity contribution in [1.29, 1.82) is 0 Å². The maximum absolute atomic E-state index is 13.5. The molecule has 0 atom stereocenters. The Labute approximate surface area is 95.5 Å². The van der Waals surface area contributed by atoms with Gasteiger partial charge in [-0.1, -0.05) is 23.7 Å². The summed E-state index contributed by atoms with van der Waals surface area (Å²) >= 11 is 7.08. The summed E-state index contributed by atoms with van der Waals surface area (Å²) in [5.41, 5.74) is 6.02. The average molecular weight is 243 g/mol. The second-order valence-corrected chi connectivity index (χ2v) is 4.41. The number of hydrogen-bond donors (Lipinski definition) is 1. The van der Waals surface area contributed by atoms with Crippen LogP contribution in [-0.2, 0) is 6.42 Å². The molecule has 0 aliphatic rings. The van der Waals surface area contributed by atoms with Crippen LogP contribution < -0.4 is 5.73 Å². The molecule has 0 unspecified atom stereocenters. The van der Waals surface area contributed by atoms with Crippen molar-refractivity contribution in [2.24, 2.45) is 0 Å². The Hall–Kier alpha value is -1.13. The molecule has 0 saturated carbocycles. The van der Waals surface area contributed by atoms with Crippen LogP contribution in [0.15, 0.2) is 23.6 Å². The van der Waals surface area contributed by atoms with E-state index >= 15 is 0 Å². The molecule has 1 heterocycles. The van der Waals surface area contributed by atoms with Crippen molar-refractivity contribution in [3.63, 3.8) is 0 Å². The quantitative estimate of drug-likeness (QED) is 0.879. The van der Waals surface area contributed by atoms with Crippen LogP contribution in [0.3, 0.4) is 0 Å². The molecule has 1 aromatic carbocycles. The fourth-order valence-corrected chi connectivity index (χ4v) is 2.15. The third-order valence-corrected chi connectivity index (χ3v) is 3.10. The van der Waals surface area contributed by atoms with E-state index in [1.54, 1.807) is 17.5 Å². The fourth-order valence-electron chi connectivity index (χ4n) is 1.25. The van der Waals surface area contributed by atoms with Gasteiger partial charge in [0, 0.05) is 11.8 Å². The lowest BCUT2D eigenvalue weighted by Gasteiger charge is -2.01. The molecule has 0 aliphatic heterocycles. The van der Waals surface area contributed by atoms with Gasteiger partial charge in [0.1, 0.15) is 11.6 Å². The summed E-state index contributed by atoms with van der Waals surface area (Å²) < 4.78 is 13.5. The van der Waals surface area contributed by atoms with Crippen LogP contribution in [-0.4, -0.2) is 4.98 Å². The highest BCUT2D eigenvalue weighted by Gasteiger charge is 2.08. The van der Waals surface area contributed by atoms with Gasteiger partial charge in [-0.05, 0) is 11.6 Å². The smallest absolute Gasteiger partial charge is 0.145 e. The number of thiazole rings is 1. The van der Waals surface area contributed by atoms with Gasteiger partial charge in [0.05, 0.1) is 10.0 Å². The van der Waals surface area contributed by atoms with Crippen molar-refractivity contribution >= 4 is 28.8 Å². The Balaban J connectivity index is 2.28. The van der Waals surface area contributed by atoms with Gasteiger partial charge in [-0.15, -0.1) is 11.3 Å². The van der Waals surface area contributed by atoms with Crippen LogP contribution >= 0.6 is 22.9 Å². The van der Waals surface area contributed by atoms with Crippen LogP contribution in [0.25, 0.3) is 0 Å². The third kappa shape index (κ3) is 2.27. The third-order valence-electron chi connectivity index (χ3n) is 1.94. The minimum atomic E-state index is -0.382. The SMILES string of the molecule is Nc1csc(Cc2cccc(Cl)c2F)n1. The molecule has 2 N–H and O–H groups in total. The minimum Gasteiger partial charge on any atom is -0.383 e. The number of nitrogens with two attached hydrogens (primary N) is 1. The Morgan fingerprint density at radius 3 is 2.93 bits per heavy atom. The lowest BCUT2D eigenvalue weighted by Crippen LogP contribution is -1.93. The van der Waals surface area contributed by atoms with Gasteiger partial charge < -0.3 is 5.73 Å². The Morgan fingerprint density at radius 2 is 2.27 bits per heavy atom. The van der Waals surface area contributed by atoms with E-state index in [1.165, 1.54) is 17.4 Å². The van der Waals surface area contributed by atoms with E-state index in [1.807, 2.05) is 0 Å². The van der Waals surface area contributed by atoms with Gasteiger partial charge in [0.25, 0.3) is 0 Å². The van der Waals surface area contributed by atoms with Crippen LogP contribution in [0.4, 0.5) is 10.2 Å². The van der Waals surface area contributed by atoms with E-state index in [9.17, 15) is 4.39 Å². The molecule has 2 aromatic rings. The molecule has 0 amide bonds. The molecule has 0 aliphatic carbocycles. The first-order valence-electron chi connectivity index (χ1n) is 4.29. The zero-order valence-corrected chi connectivity index (χ0v) is 9.28. The zero-order chi connectivity index (χ0) is 10.8. The van der Waals surface area contributed by atoms with Crippen LogP contribution in [0.5, 0.6) is 0 Å². The molecule has 0 saturated heterocycles. The minimum absolute atomic E-state index is 0.136. The predicted molar refractivity (Wildman–Crippen MR) is 60.7 cm³/mol. The topological polar surface area (TPSA) is 38.9 Å². The van der Waals surface area contributed by atoms with Gasteiger partial charge in [-0.3, -0.25) is 0 Å². The molecule has 1 aromatic heterocycles. The zero-order valence-electron chi connectivity index (χ0n) is 7.71. The Bertz CT molecular complexity index is 484. The normalized spacial score (nSPS) is 10.5. The van der Waals surface area contributed by atoms with E-state index in [2.05, 4.69) is 4.98 Å². The Kier molecular flexibility index (Phi) is 2.88. The highest BCUT2D eigenvalue weighted by Crippen LogP contribution is 2.22. The molecule has 2 nitrogen and oxygen atoms in total. The van der Waals surface area contributed by atoms with Gasteiger partial charge in [-0.2, -0.15) is 0 Å². The number of rotatable bonds is 2. The summed E-state index contributed by atoms with van der Waals surface area (Å²) in [5.74, 6) is 0.0883. The first-order valence-corrected chi connectivity index (χ1v) is 5.55. The van der Waals surface area contributed by atoms with Crippen molar-refractivity contribution in [3.8, 4) is 0 Å². The number of nitrogen functional groups attached to an aromatic ring is 1. The molecule has 0 fully saturated rings. The van der Waals surface area contributed by atoms with Crippen molar-refractivity contribution < 1.29 is 4.39 Å². The molecule has 0 radical (unpaired) electrons. The monoisotopic (exact) mass is 242 g/mol. The molecular formula is C10H8ClFN2S. The first-order chi connectivity index (χ1) is 7.16. The average Bonchev–Trinajstić information content (AvgIpc) is 2.59. The Morgan fingerprint density at radius 1 is 1.47 bits per heavy atom. The van der Waals surface area contributed by atoms with Gasteiger partial charge >= 0.3 is 0 Å². The second kappa shape index (κ2) is 4.16. The van der Waals surface area contributed by atoms with E-state index in [-0.39, 0.29) is 10.8 Å². The molecule has 2 rings (SSSR count). The van der Waals surface area contributed by atoms with Crippen molar-refractivity contribution in [2.45, 2.75) is 6.42 Å². The number of nitrogens with zero attached hydrogens (tertiary/aromatic N) is 1. The maximum atomic E-state index is 13.5. The summed E-state index contributed by atoms with van der Waals surface area (Å²) in [6.45, 7) is 0. The number of halogens is 2. The second-order valence-electron chi connectivity index (χ2n) is 3.06. The highest BCUT2D eigenvalue weighted by molar-refractivity contribution is 7.10. The number of hydrogen-bond acceptors (Lipinski definition) is 3. The largest absolute Gasteiger partial charge is 0.383 e. The van der Waals surface area contributed by atoms with Gasteiger partial charge in [0.15, 0.2) is 0 Å². The van der Waals surface area contributed by atoms with Gasteiger partial charge in [-0.25, -0.2) is 9.37 Å². The standard InChI is InChI=1S/C10H8ClFN2S/c11-7-3-1-2-6(10(7)12)4-9-14-8(13)5-15-9/h1-3,5H,4,13H2. The van der Waals surface area contributed by atoms with E-state index in [0.717, 1.165) is 5.01 Å². The molecule has 15 heavy (non-hydrogen) atoms. The highest BCUT2D eigenvalue weighted by atomic mass is 35.5. The lowest BCUT2D eigenvalue weighted by atomic mass is 10.1. The van der Waals surface area contributed by atoms with E-state index < -0.39 is 0 Å². The van der Waals surface area contributed by atoms with Gasteiger partial charge in [0.2, 0.25) is 0 Å². The van der Waals surface area contributed by atoms with Crippen LogP contribution in [0.1, 0.15) is 10.6 Å². The summed E-state index contributed by atoms with van der Waals surface area (Å²) in [6.07, 6.45) is 0.425.